The topological polar surface area (TPSA) is 32.3 Å². The van der Waals surface area contributed by atoms with Crippen molar-refractivity contribution < 1.29 is 5.11 Å². The van der Waals surface area contributed by atoms with E-state index in [0.29, 0.717) is 17.3 Å². The molecule has 0 radical (unpaired) electrons. The zero-order chi connectivity index (χ0) is 12.7. The van der Waals surface area contributed by atoms with Crippen LogP contribution in [0.15, 0.2) is 0 Å². The Morgan fingerprint density at radius 2 is 2.06 bits per heavy atom. The van der Waals surface area contributed by atoms with Crippen molar-refractivity contribution in [2.75, 3.05) is 12.9 Å². The molecule has 1 rings (SSSR count). The van der Waals surface area contributed by atoms with Crippen LogP contribution in [0.4, 0.5) is 0 Å². The van der Waals surface area contributed by atoms with E-state index in [0.717, 1.165) is 5.92 Å². The first-order valence-electron chi connectivity index (χ1n) is 7.10. The molecule has 4 unspecified atom stereocenters. The van der Waals surface area contributed by atoms with Crippen molar-refractivity contribution in [3.05, 3.63) is 0 Å². The van der Waals surface area contributed by atoms with E-state index in [-0.39, 0.29) is 6.61 Å². The van der Waals surface area contributed by atoms with Gasteiger partial charge in [0, 0.05) is 17.3 Å². The van der Waals surface area contributed by atoms with E-state index in [1.54, 1.807) is 11.8 Å². The maximum Gasteiger partial charge on any atom is 0.0564 e. The quantitative estimate of drug-likeness (QED) is 0.719. The summed E-state index contributed by atoms with van der Waals surface area (Å²) in [6.45, 7) is 4.80. The molecule has 0 saturated heterocycles. The summed E-state index contributed by atoms with van der Waals surface area (Å²) in [4.78, 5) is 0. The zero-order valence-corrected chi connectivity index (χ0v) is 12.4. The molecule has 0 bridgehead atoms. The average Bonchev–Trinajstić information content (AvgIpc) is 2.56. The van der Waals surface area contributed by atoms with Crippen molar-refractivity contribution in [2.45, 2.75) is 69.7 Å². The summed E-state index contributed by atoms with van der Waals surface area (Å²) in [5, 5.41) is 13.4. The Morgan fingerprint density at radius 1 is 1.29 bits per heavy atom. The van der Waals surface area contributed by atoms with Crippen molar-refractivity contribution in [3.8, 4) is 0 Å². The minimum atomic E-state index is 0.277. The number of nitrogens with one attached hydrogen (secondary N) is 1. The minimum absolute atomic E-state index is 0.277. The van der Waals surface area contributed by atoms with Crippen LogP contribution < -0.4 is 5.32 Å². The van der Waals surface area contributed by atoms with Crippen molar-refractivity contribution in [1.29, 1.82) is 0 Å². The molecule has 1 aliphatic rings. The molecule has 3 heteroatoms. The van der Waals surface area contributed by atoms with E-state index in [2.05, 4.69) is 25.4 Å². The van der Waals surface area contributed by atoms with Crippen LogP contribution in [-0.2, 0) is 0 Å². The van der Waals surface area contributed by atoms with E-state index in [1.165, 1.54) is 38.5 Å². The Balaban J connectivity index is 2.35. The highest BCUT2D eigenvalue weighted by Crippen LogP contribution is 2.26. The second-order valence-corrected chi connectivity index (χ2v) is 6.47. The molecule has 102 valence electrons. The molecule has 0 spiro atoms. The highest BCUT2D eigenvalue weighted by Gasteiger charge is 2.22. The Labute approximate surface area is 111 Å². The Morgan fingerprint density at radius 3 is 2.65 bits per heavy atom. The van der Waals surface area contributed by atoms with Gasteiger partial charge in [-0.1, -0.05) is 26.2 Å². The first-order valence-corrected chi connectivity index (χ1v) is 8.39. The van der Waals surface area contributed by atoms with Gasteiger partial charge in [-0.15, -0.1) is 0 Å². The molecule has 2 nitrogen and oxygen atoms in total. The average molecular weight is 259 g/mol. The van der Waals surface area contributed by atoms with Crippen LogP contribution in [0.2, 0.25) is 0 Å². The van der Waals surface area contributed by atoms with Gasteiger partial charge in [0.1, 0.15) is 0 Å². The molecule has 0 amide bonds. The van der Waals surface area contributed by atoms with Gasteiger partial charge in [-0.25, -0.2) is 0 Å². The van der Waals surface area contributed by atoms with Gasteiger partial charge in [-0.3, -0.25) is 0 Å². The van der Waals surface area contributed by atoms with Crippen LogP contribution >= 0.6 is 11.8 Å². The molecular weight excluding hydrogens is 230 g/mol. The SMILES string of the molecule is CCC1CCCC(NC(C)C(CO)SC)CC1. The van der Waals surface area contributed by atoms with Crippen molar-refractivity contribution in [3.63, 3.8) is 0 Å². The van der Waals surface area contributed by atoms with Gasteiger partial charge in [-0.05, 0) is 38.4 Å². The van der Waals surface area contributed by atoms with Crippen LogP contribution in [0.25, 0.3) is 0 Å². The molecule has 0 aromatic rings. The molecule has 1 fully saturated rings. The molecule has 2 N–H and O–H groups in total. The van der Waals surface area contributed by atoms with Crippen LogP contribution in [0, 0.1) is 5.92 Å². The fourth-order valence-electron chi connectivity index (χ4n) is 2.87. The molecule has 17 heavy (non-hydrogen) atoms. The van der Waals surface area contributed by atoms with Gasteiger partial charge in [0.05, 0.1) is 6.61 Å². The van der Waals surface area contributed by atoms with Crippen LogP contribution in [-0.4, -0.2) is 35.3 Å². The number of thioether (sulfide) groups is 1. The lowest BCUT2D eigenvalue weighted by molar-refractivity contribution is 0.267. The van der Waals surface area contributed by atoms with E-state index < -0.39 is 0 Å². The zero-order valence-electron chi connectivity index (χ0n) is 11.6. The fraction of sp³-hybridized carbons (Fsp3) is 1.00. The van der Waals surface area contributed by atoms with E-state index in [9.17, 15) is 5.11 Å². The van der Waals surface area contributed by atoms with Crippen LogP contribution in [0.1, 0.15) is 52.4 Å². The van der Waals surface area contributed by atoms with Gasteiger partial charge in [0.25, 0.3) is 0 Å². The Kier molecular flexibility index (Phi) is 7.56. The molecule has 0 aromatic carbocycles. The third-order valence-corrected chi connectivity index (χ3v) is 5.37. The molecule has 1 saturated carbocycles. The Bertz CT molecular complexity index is 197. The lowest BCUT2D eigenvalue weighted by atomic mass is 9.97. The standard InChI is InChI=1S/C14H29NOS/c1-4-12-6-5-7-13(9-8-12)15-11(2)14(10-16)17-3/h11-16H,4-10H2,1-3H3. The number of aliphatic hydroxyl groups is 1. The summed E-state index contributed by atoms with van der Waals surface area (Å²) in [5.74, 6) is 0.950. The number of aliphatic hydroxyl groups excluding tert-OH is 1. The van der Waals surface area contributed by atoms with Gasteiger partial charge >= 0.3 is 0 Å². The summed E-state index contributed by atoms with van der Waals surface area (Å²) >= 11 is 1.76. The van der Waals surface area contributed by atoms with Gasteiger partial charge in [-0.2, -0.15) is 11.8 Å². The third kappa shape index (κ3) is 5.19. The number of rotatable bonds is 6. The van der Waals surface area contributed by atoms with Crippen molar-refractivity contribution in [1.82, 2.24) is 5.32 Å². The first kappa shape index (κ1) is 15.3. The highest BCUT2D eigenvalue weighted by atomic mass is 32.2. The monoisotopic (exact) mass is 259 g/mol. The largest absolute Gasteiger partial charge is 0.395 e. The lowest BCUT2D eigenvalue weighted by Gasteiger charge is -2.27. The van der Waals surface area contributed by atoms with Gasteiger partial charge < -0.3 is 10.4 Å². The maximum atomic E-state index is 9.30. The molecule has 0 aliphatic heterocycles. The first-order chi connectivity index (χ1) is 8.21. The normalized spacial score (nSPS) is 29.6. The molecule has 0 aromatic heterocycles. The predicted molar refractivity (Wildman–Crippen MR) is 77.6 cm³/mol. The fourth-order valence-corrected chi connectivity index (χ4v) is 3.51. The van der Waals surface area contributed by atoms with Crippen molar-refractivity contribution >= 4 is 11.8 Å². The molecule has 0 heterocycles. The number of hydrogen-bond donors (Lipinski definition) is 2. The summed E-state index contributed by atoms with van der Waals surface area (Å²) in [6.07, 6.45) is 10.2. The summed E-state index contributed by atoms with van der Waals surface area (Å²) < 4.78 is 0. The molecule has 4 atom stereocenters. The predicted octanol–water partition coefficient (Wildman–Crippen LogP) is 3.05. The van der Waals surface area contributed by atoms with E-state index >= 15 is 0 Å². The second-order valence-electron chi connectivity index (χ2n) is 5.39. The van der Waals surface area contributed by atoms with E-state index in [1.807, 2.05) is 0 Å². The Hall–Kier alpha value is 0.270. The number of hydrogen-bond acceptors (Lipinski definition) is 3. The molecular formula is C14H29NOS. The van der Waals surface area contributed by atoms with Gasteiger partial charge in [0.15, 0.2) is 0 Å². The smallest absolute Gasteiger partial charge is 0.0564 e. The maximum absolute atomic E-state index is 9.30. The molecule has 1 aliphatic carbocycles. The van der Waals surface area contributed by atoms with E-state index in [4.69, 9.17) is 0 Å². The van der Waals surface area contributed by atoms with Gasteiger partial charge in [0.2, 0.25) is 0 Å². The summed E-state index contributed by atoms with van der Waals surface area (Å²) in [6, 6.07) is 1.08. The summed E-state index contributed by atoms with van der Waals surface area (Å²) in [7, 11) is 0. The summed E-state index contributed by atoms with van der Waals surface area (Å²) in [5.41, 5.74) is 0. The highest BCUT2D eigenvalue weighted by molar-refractivity contribution is 7.99. The lowest BCUT2D eigenvalue weighted by Crippen LogP contribution is -2.43. The second kappa shape index (κ2) is 8.39. The minimum Gasteiger partial charge on any atom is -0.395 e. The van der Waals surface area contributed by atoms with Crippen molar-refractivity contribution in [2.24, 2.45) is 5.92 Å². The third-order valence-electron chi connectivity index (χ3n) is 4.20. The van der Waals surface area contributed by atoms with Crippen LogP contribution in [0.5, 0.6) is 0 Å². The van der Waals surface area contributed by atoms with Crippen LogP contribution in [0.3, 0.4) is 0 Å².